The molecule has 0 fully saturated rings. The van der Waals surface area contributed by atoms with E-state index >= 15 is 0 Å². The monoisotopic (exact) mass is 421 g/mol. The maximum absolute atomic E-state index is 13.0. The molecule has 2 unspecified atom stereocenters. The van der Waals surface area contributed by atoms with Gasteiger partial charge in [0.25, 0.3) is 0 Å². The topological polar surface area (TPSA) is 59.8 Å². The number of aryl methyl sites for hydroxylation is 1. The lowest BCUT2D eigenvalue weighted by atomic mass is 9.78. The molecule has 0 bridgehead atoms. The molecule has 4 rings (SSSR count). The van der Waals surface area contributed by atoms with Crippen molar-refractivity contribution in [3.05, 3.63) is 59.0 Å². The van der Waals surface area contributed by atoms with Crippen molar-refractivity contribution < 1.29 is 18.7 Å². The molecule has 1 aromatic carbocycles. The lowest BCUT2D eigenvalue weighted by Crippen LogP contribution is -2.47. The third-order valence-corrected chi connectivity index (χ3v) is 6.15. The van der Waals surface area contributed by atoms with Crippen LogP contribution in [0.4, 0.5) is 0 Å². The van der Waals surface area contributed by atoms with Crippen LogP contribution >= 0.6 is 0 Å². The number of esters is 1. The second-order valence-corrected chi connectivity index (χ2v) is 9.99. The minimum Gasteiger partial charge on any atom is -0.464 e. The van der Waals surface area contributed by atoms with E-state index in [4.69, 9.17) is 9.15 Å². The Balaban J connectivity index is 1.77. The van der Waals surface area contributed by atoms with Crippen molar-refractivity contribution in [3.8, 4) is 11.3 Å². The number of rotatable bonds is 3. The molecule has 3 heterocycles. The molecular weight excluding hydrogens is 390 g/mol. The maximum Gasteiger partial charge on any atom is 0.343 e. The number of hydrogen-bond acceptors (Lipinski definition) is 5. The summed E-state index contributed by atoms with van der Waals surface area (Å²) in [6.45, 7) is 11.9. The first-order valence-electron chi connectivity index (χ1n) is 11.0. The molecule has 0 saturated carbocycles. The zero-order valence-electron chi connectivity index (χ0n) is 19.2. The number of hydrogen-bond donors (Lipinski definition) is 0. The first-order chi connectivity index (χ1) is 14.5. The normalized spacial score (nSPS) is 20.9. The van der Waals surface area contributed by atoms with Crippen LogP contribution in [0.5, 0.6) is 0 Å². The summed E-state index contributed by atoms with van der Waals surface area (Å²) < 4.78 is 11.1. The van der Waals surface area contributed by atoms with Crippen molar-refractivity contribution in [2.45, 2.75) is 72.1 Å². The SMILES string of the molecule is Cc1cc2c(cc1-c1ccco1)CC(C(C)C)N1C=C(C(=O)OC(C)(C)C)C(=O)CC21. The summed E-state index contributed by atoms with van der Waals surface area (Å²) in [5.74, 6) is 0.524. The van der Waals surface area contributed by atoms with E-state index in [1.165, 1.54) is 5.56 Å². The standard InChI is InChI=1S/C26H31NO4/c1-15(2)21-12-17-11-18(24-8-7-9-30-24)16(3)10-19(17)22-13-23(28)20(14-27(21)22)25(29)31-26(4,5)6/h7-11,14-15,21-22H,12-13H2,1-6H3. The van der Waals surface area contributed by atoms with Crippen LogP contribution in [-0.2, 0) is 20.7 Å². The number of carbonyl (C=O) groups excluding carboxylic acids is 2. The Hall–Kier alpha value is -2.82. The molecular formula is C26H31NO4. The molecule has 31 heavy (non-hydrogen) atoms. The quantitative estimate of drug-likeness (QED) is 0.492. The number of ketones is 1. The predicted octanol–water partition coefficient (Wildman–Crippen LogP) is 5.38. The molecule has 0 saturated heterocycles. The molecule has 164 valence electrons. The highest BCUT2D eigenvalue weighted by atomic mass is 16.6. The molecule has 2 aliphatic rings. The van der Waals surface area contributed by atoms with Crippen LogP contribution in [0.15, 0.2) is 46.7 Å². The maximum atomic E-state index is 13.0. The van der Waals surface area contributed by atoms with Crippen molar-refractivity contribution in [3.63, 3.8) is 0 Å². The van der Waals surface area contributed by atoms with Gasteiger partial charge in [-0.1, -0.05) is 19.9 Å². The fourth-order valence-electron chi connectivity index (χ4n) is 4.67. The van der Waals surface area contributed by atoms with E-state index in [9.17, 15) is 9.59 Å². The van der Waals surface area contributed by atoms with Gasteiger partial charge in [0.2, 0.25) is 0 Å². The van der Waals surface area contributed by atoms with Crippen molar-refractivity contribution >= 4 is 11.8 Å². The van der Waals surface area contributed by atoms with E-state index in [-0.39, 0.29) is 29.9 Å². The second-order valence-electron chi connectivity index (χ2n) is 9.99. The van der Waals surface area contributed by atoms with Gasteiger partial charge in [-0.3, -0.25) is 4.79 Å². The van der Waals surface area contributed by atoms with Gasteiger partial charge in [0.05, 0.1) is 12.3 Å². The van der Waals surface area contributed by atoms with Gasteiger partial charge in [-0.05, 0) is 74.9 Å². The summed E-state index contributed by atoms with van der Waals surface area (Å²) in [5, 5.41) is 0. The van der Waals surface area contributed by atoms with Gasteiger partial charge in [-0.15, -0.1) is 0 Å². The molecule has 5 heteroatoms. The third-order valence-electron chi connectivity index (χ3n) is 6.15. The fraction of sp³-hybridized carbons (Fsp3) is 0.462. The molecule has 2 aromatic rings. The van der Waals surface area contributed by atoms with Crippen LogP contribution in [0.3, 0.4) is 0 Å². The average molecular weight is 422 g/mol. The van der Waals surface area contributed by atoms with Crippen LogP contribution in [0.1, 0.15) is 63.8 Å². The van der Waals surface area contributed by atoms with Gasteiger partial charge in [0.15, 0.2) is 5.78 Å². The Morgan fingerprint density at radius 3 is 2.58 bits per heavy atom. The molecule has 5 nitrogen and oxygen atoms in total. The zero-order chi connectivity index (χ0) is 22.5. The second kappa shape index (κ2) is 7.70. The summed E-state index contributed by atoms with van der Waals surface area (Å²) in [6.07, 6.45) is 4.58. The number of furan rings is 1. The van der Waals surface area contributed by atoms with E-state index in [1.807, 2.05) is 32.9 Å². The Bertz CT molecular complexity index is 1040. The first kappa shape index (κ1) is 21.4. The summed E-state index contributed by atoms with van der Waals surface area (Å²) in [7, 11) is 0. The molecule has 2 atom stereocenters. The van der Waals surface area contributed by atoms with Gasteiger partial charge >= 0.3 is 5.97 Å². The lowest BCUT2D eigenvalue weighted by Gasteiger charge is -2.47. The van der Waals surface area contributed by atoms with Crippen molar-refractivity contribution in [1.82, 2.24) is 4.90 Å². The third kappa shape index (κ3) is 4.06. The highest BCUT2D eigenvalue weighted by Crippen LogP contribution is 2.43. The van der Waals surface area contributed by atoms with E-state index in [2.05, 4.69) is 37.8 Å². The fourth-order valence-corrected chi connectivity index (χ4v) is 4.67. The van der Waals surface area contributed by atoms with Crippen LogP contribution in [0, 0.1) is 12.8 Å². The zero-order valence-corrected chi connectivity index (χ0v) is 19.2. The van der Waals surface area contributed by atoms with Crippen LogP contribution < -0.4 is 0 Å². The van der Waals surface area contributed by atoms with E-state index in [0.29, 0.717) is 5.92 Å². The number of carbonyl (C=O) groups is 2. The Morgan fingerprint density at radius 2 is 1.97 bits per heavy atom. The number of benzene rings is 1. The van der Waals surface area contributed by atoms with Crippen LogP contribution in [-0.4, -0.2) is 28.3 Å². The molecule has 0 amide bonds. The van der Waals surface area contributed by atoms with E-state index < -0.39 is 11.6 Å². The highest BCUT2D eigenvalue weighted by Gasteiger charge is 2.41. The highest BCUT2D eigenvalue weighted by molar-refractivity contribution is 6.18. The summed E-state index contributed by atoms with van der Waals surface area (Å²) in [6, 6.07) is 8.39. The number of nitrogens with zero attached hydrogens (tertiary/aromatic N) is 1. The summed E-state index contributed by atoms with van der Waals surface area (Å²) in [5.41, 5.74) is 4.14. The van der Waals surface area contributed by atoms with Gasteiger partial charge < -0.3 is 14.1 Å². The summed E-state index contributed by atoms with van der Waals surface area (Å²) >= 11 is 0. The first-order valence-corrected chi connectivity index (χ1v) is 11.0. The van der Waals surface area contributed by atoms with Gasteiger partial charge in [0, 0.05) is 24.2 Å². The number of ether oxygens (including phenoxy) is 1. The van der Waals surface area contributed by atoms with Gasteiger partial charge in [0.1, 0.15) is 16.9 Å². The van der Waals surface area contributed by atoms with Crippen LogP contribution in [0.25, 0.3) is 11.3 Å². The van der Waals surface area contributed by atoms with E-state index in [0.717, 1.165) is 28.9 Å². The minimum atomic E-state index is -0.639. The number of Topliss-reactive ketones (excluding diaryl/α,β-unsaturated/α-hetero) is 1. The largest absolute Gasteiger partial charge is 0.464 e. The lowest BCUT2D eigenvalue weighted by molar-refractivity contribution is -0.151. The molecule has 0 aliphatic carbocycles. The smallest absolute Gasteiger partial charge is 0.343 e. The van der Waals surface area contributed by atoms with Gasteiger partial charge in [-0.25, -0.2) is 4.79 Å². The predicted molar refractivity (Wildman–Crippen MR) is 119 cm³/mol. The van der Waals surface area contributed by atoms with Crippen molar-refractivity contribution in [2.24, 2.45) is 5.92 Å². The molecule has 0 N–H and O–H groups in total. The molecule has 2 aliphatic heterocycles. The Kier molecular flexibility index (Phi) is 5.32. The van der Waals surface area contributed by atoms with Gasteiger partial charge in [-0.2, -0.15) is 0 Å². The molecule has 1 aromatic heterocycles. The number of fused-ring (bicyclic) bond motifs is 3. The van der Waals surface area contributed by atoms with Crippen molar-refractivity contribution in [1.29, 1.82) is 0 Å². The summed E-state index contributed by atoms with van der Waals surface area (Å²) in [4.78, 5) is 27.9. The Labute approximate surface area is 184 Å². The Morgan fingerprint density at radius 1 is 1.23 bits per heavy atom. The minimum absolute atomic E-state index is 0.0702. The van der Waals surface area contributed by atoms with E-state index in [1.54, 1.807) is 12.5 Å². The average Bonchev–Trinajstić information content (AvgIpc) is 3.19. The van der Waals surface area contributed by atoms with Crippen LogP contribution in [0.2, 0.25) is 0 Å². The molecule has 0 radical (unpaired) electrons. The molecule has 0 spiro atoms. The van der Waals surface area contributed by atoms with Crippen molar-refractivity contribution in [2.75, 3.05) is 0 Å².